The van der Waals surface area contributed by atoms with Crippen molar-refractivity contribution in [2.24, 2.45) is 5.10 Å². The number of methoxy groups -OCH3 is 1. The zero-order valence-electron chi connectivity index (χ0n) is 18.8. The molecule has 176 valence electrons. The van der Waals surface area contributed by atoms with Gasteiger partial charge in [-0.3, -0.25) is 14.9 Å². The van der Waals surface area contributed by atoms with E-state index < -0.39 is 10.8 Å². The molecule has 3 aromatic rings. The van der Waals surface area contributed by atoms with Gasteiger partial charge in [0.25, 0.3) is 11.6 Å². The van der Waals surface area contributed by atoms with Crippen molar-refractivity contribution in [3.8, 4) is 11.5 Å². The molecule has 11 heteroatoms. The van der Waals surface area contributed by atoms with E-state index in [4.69, 9.17) is 9.47 Å². The molecule has 1 aromatic heterocycles. The molecule has 0 saturated carbocycles. The Kier molecular flexibility index (Phi) is 8.52. The van der Waals surface area contributed by atoms with Crippen molar-refractivity contribution in [3.05, 3.63) is 81.2 Å². The lowest BCUT2D eigenvalue weighted by molar-refractivity contribution is -0.385. The third kappa shape index (κ3) is 7.01. The van der Waals surface area contributed by atoms with Gasteiger partial charge in [0.15, 0.2) is 16.7 Å². The first-order valence-electron chi connectivity index (χ1n) is 10.2. The van der Waals surface area contributed by atoms with E-state index in [9.17, 15) is 14.9 Å². The predicted molar refractivity (Wildman–Crippen MR) is 128 cm³/mol. The summed E-state index contributed by atoms with van der Waals surface area (Å²) in [6.07, 6.45) is 1.19. The van der Waals surface area contributed by atoms with E-state index in [1.54, 1.807) is 0 Å². The minimum absolute atomic E-state index is 0.0396. The standard InChI is InChI=1S/C23H23N5O5S/c1-15-9-16(2)26-23(25-15)34-14-22(29)27-24-12-18-10-20(32-3)21(11-19(18)28(30)31)33-13-17-7-5-4-6-8-17/h4-12H,13-14H2,1-3H3,(H,27,29)/b24-12-. The Bertz CT molecular complexity index is 1180. The lowest BCUT2D eigenvalue weighted by Crippen LogP contribution is -2.20. The van der Waals surface area contributed by atoms with Crippen molar-refractivity contribution in [1.82, 2.24) is 15.4 Å². The van der Waals surface area contributed by atoms with Crippen LogP contribution in [0.1, 0.15) is 22.5 Å². The van der Waals surface area contributed by atoms with Gasteiger partial charge >= 0.3 is 0 Å². The van der Waals surface area contributed by atoms with Gasteiger partial charge in [0.1, 0.15) is 6.61 Å². The molecule has 0 spiro atoms. The molecule has 0 saturated heterocycles. The highest BCUT2D eigenvalue weighted by molar-refractivity contribution is 7.99. The number of nitro benzene ring substituents is 1. The molecule has 0 aliphatic heterocycles. The molecule has 0 bridgehead atoms. The van der Waals surface area contributed by atoms with E-state index >= 15 is 0 Å². The van der Waals surface area contributed by atoms with E-state index in [0.29, 0.717) is 10.9 Å². The molecule has 0 fully saturated rings. The first kappa shape index (κ1) is 24.6. The van der Waals surface area contributed by atoms with Gasteiger partial charge in [-0.05, 0) is 31.5 Å². The summed E-state index contributed by atoms with van der Waals surface area (Å²) < 4.78 is 11.1. The highest BCUT2D eigenvalue weighted by atomic mass is 32.2. The summed E-state index contributed by atoms with van der Waals surface area (Å²) in [4.78, 5) is 31.7. The van der Waals surface area contributed by atoms with Crippen molar-refractivity contribution in [2.75, 3.05) is 12.9 Å². The molecule has 0 aliphatic rings. The first-order valence-corrected chi connectivity index (χ1v) is 11.1. The minimum atomic E-state index is -0.550. The van der Waals surface area contributed by atoms with Crippen molar-refractivity contribution in [1.29, 1.82) is 0 Å². The number of hydrogen-bond acceptors (Lipinski definition) is 9. The fourth-order valence-corrected chi connectivity index (χ4v) is 3.67. The third-order valence-electron chi connectivity index (χ3n) is 4.43. The predicted octanol–water partition coefficient (Wildman–Crippen LogP) is 3.83. The van der Waals surface area contributed by atoms with Gasteiger partial charge in [-0.2, -0.15) is 5.10 Å². The molecule has 2 aromatic carbocycles. The average Bonchev–Trinajstić information content (AvgIpc) is 2.81. The maximum atomic E-state index is 12.1. The number of aryl methyl sites for hydroxylation is 2. The largest absolute Gasteiger partial charge is 0.493 e. The maximum absolute atomic E-state index is 12.1. The van der Waals surface area contributed by atoms with Crippen LogP contribution in [0, 0.1) is 24.0 Å². The number of thioether (sulfide) groups is 1. The van der Waals surface area contributed by atoms with Gasteiger partial charge in [0.05, 0.1) is 35.6 Å². The van der Waals surface area contributed by atoms with Crippen molar-refractivity contribution in [3.63, 3.8) is 0 Å². The Morgan fingerprint density at radius 2 is 1.85 bits per heavy atom. The summed E-state index contributed by atoms with van der Waals surface area (Å²) in [6, 6.07) is 14.0. The molecule has 0 unspecified atom stereocenters. The Balaban J connectivity index is 1.67. The highest BCUT2D eigenvalue weighted by Crippen LogP contribution is 2.34. The van der Waals surface area contributed by atoms with Crippen LogP contribution in [0.2, 0.25) is 0 Å². The zero-order chi connectivity index (χ0) is 24.5. The monoisotopic (exact) mass is 481 g/mol. The topological polar surface area (TPSA) is 129 Å². The fourth-order valence-electron chi connectivity index (χ4n) is 2.93. The Morgan fingerprint density at radius 3 is 2.50 bits per heavy atom. The summed E-state index contributed by atoms with van der Waals surface area (Å²) >= 11 is 1.17. The summed E-state index contributed by atoms with van der Waals surface area (Å²) in [7, 11) is 1.44. The Hall–Kier alpha value is -3.99. The van der Waals surface area contributed by atoms with Crippen LogP contribution >= 0.6 is 11.8 Å². The number of nitrogens with one attached hydrogen (secondary N) is 1. The molecule has 0 aliphatic carbocycles. The molecule has 0 atom stereocenters. The number of hydrogen-bond donors (Lipinski definition) is 1. The van der Waals surface area contributed by atoms with E-state index in [1.807, 2.05) is 50.2 Å². The summed E-state index contributed by atoms with van der Waals surface area (Å²) in [5.74, 6) is 0.167. The summed E-state index contributed by atoms with van der Waals surface area (Å²) in [5.41, 5.74) is 4.80. The second kappa shape index (κ2) is 11.8. The Morgan fingerprint density at radius 1 is 1.15 bits per heavy atom. The van der Waals surface area contributed by atoms with Crippen LogP contribution in [0.5, 0.6) is 11.5 Å². The first-order chi connectivity index (χ1) is 16.4. The van der Waals surface area contributed by atoms with E-state index in [0.717, 1.165) is 17.0 Å². The van der Waals surface area contributed by atoms with Crippen molar-refractivity contribution >= 4 is 29.6 Å². The van der Waals surface area contributed by atoms with Crippen LogP contribution in [0.3, 0.4) is 0 Å². The number of amides is 1. The number of ether oxygens (including phenoxy) is 2. The summed E-state index contributed by atoms with van der Waals surface area (Å²) in [6.45, 7) is 3.92. The average molecular weight is 482 g/mol. The molecule has 3 rings (SSSR count). The zero-order valence-corrected chi connectivity index (χ0v) is 19.7. The quantitative estimate of drug-likeness (QED) is 0.152. The second-order valence-corrected chi connectivity index (χ2v) is 8.05. The number of benzene rings is 2. The van der Waals surface area contributed by atoms with Crippen LogP contribution in [-0.4, -0.2) is 39.9 Å². The van der Waals surface area contributed by atoms with E-state index in [-0.39, 0.29) is 29.4 Å². The van der Waals surface area contributed by atoms with Crippen LogP contribution < -0.4 is 14.9 Å². The molecular weight excluding hydrogens is 458 g/mol. The number of rotatable bonds is 10. The van der Waals surface area contributed by atoms with Gasteiger partial charge in [-0.15, -0.1) is 0 Å². The molecule has 34 heavy (non-hydrogen) atoms. The highest BCUT2D eigenvalue weighted by Gasteiger charge is 2.19. The second-order valence-electron chi connectivity index (χ2n) is 7.11. The van der Waals surface area contributed by atoms with Crippen LogP contribution in [-0.2, 0) is 11.4 Å². The Labute approximate surface area is 200 Å². The molecule has 0 radical (unpaired) electrons. The fraction of sp³-hybridized carbons (Fsp3) is 0.217. The molecule has 10 nitrogen and oxygen atoms in total. The lowest BCUT2D eigenvalue weighted by atomic mass is 10.1. The number of aromatic nitrogens is 2. The van der Waals surface area contributed by atoms with Gasteiger partial charge in [-0.25, -0.2) is 15.4 Å². The van der Waals surface area contributed by atoms with Crippen molar-refractivity contribution < 1.29 is 19.2 Å². The van der Waals surface area contributed by atoms with Crippen molar-refractivity contribution in [2.45, 2.75) is 25.6 Å². The number of carbonyl (C=O) groups is 1. The van der Waals surface area contributed by atoms with Gasteiger partial charge in [0, 0.05) is 11.4 Å². The number of nitro groups is 1. The van der Waals surface area contributed by atoms with Crippen LogP contribution in [0.4, 0.5) is 5.69 Å². The van der Waals surface area contributed by atoms with Gasteiger partial charge in [0.2, 0.25) is 0 Å². The van der Waals surface area contributed by atoms with Crippen LogP contribution in [0.15, 0.2) is 58.8 Å². The number of carbonyl (C=O) groups excluding carboxylic acids is 1. The minimum Gasteiger partial charge on any atom is -0.493 e. The molecule has 1 amide bonds. The maximum Gasteiger partial charge on any atom is 0.282 e. The normalized spacial score (nSPS) is 10.8. The number of nitrogens with zero attached hydrogens (tertiary/aromatic N) is 4. The summed E-state index contributed by atoms with van der Waals surface area (Å²) in [5, 5.41) is 15.9. The lowest BCUT2D eigenvalue weighted by Gasteiger charge is -2.12. The SMILES string of the molecule is COc1cc(/C=N\NC(=O)CSc2nc(C)cc(C)n2)c([N+](=O)[O-])cc1OCc1ccccc1. The van der Waals surface area contributed by atoms with E-state index in [2.05, 4.69) is 20.5 Å². The van der Waals surface area contributed by atoms with Gasteiger partial charge < -0.3 is 9.47 Å². The number of hydrazone groups is 1. The van der Waals surface area contributed by atoms with Crippen LogP contribution in [0.25, 0.3) is 0 Å². The van der Waals surface area contributed by atoms with Gasteiger partial charge in [-0.1, -0.05) is 42.1 Å². The van der Waals surface area contributed by atoms with E-state index in [1.165, 1.54) is 37.2 Å². The third-order valence-corrected chi connectivity index (χ3v) is 5.28. The molecule has 1 heterocycles. The molecule has 1 N–H and O–H groups in total. The smallest absolute Gasteiger partial charge is 0.282 e. The molecular formula is C23H23N5O5S.